The van der Waals surface area contributed by atoms with Crippen molar-refractivity contribution < 1.29 is 0 Å². The van der Waals surface area contributed by atoms with Crippen molar-refractivity contribution in [2.45, 2.75) is 65.2 Å². The molecule has 2 aromatic carbocycles. The predicted octanol–water partition coefficient (Wildman–Crippen LogP) is 6.06. The Hall–Kier alpha value is -0.300. The van der Waals surface area contributed by atoms with Crippen molar-refractivity contribution in [1.82, 2.24) is 0 Å². The molecular formula is C20H28Na. The minimum Gasteiger partial charge on any atom is -0.0654 e. The zero-order chi connectivity index (χ0) is 14.2. The molecule has 0 aliphatic rings. The second-order valence-electron chi connectivity index (χ2n) is 5.95. The minimum atomic E-state index is 0. The first-order valence-corrected chi connectivity index (χ1v) is 8.30. The van der Waals surface area contributed by atoms with Gasteiger partial charge < -0.3 is 0 Å². The van der Waals surface area contributed by atoms with Crippen molar-refractivity contribution in [3.05, 3.63) is 47.5 Å². The summed E-state index contributed by atoms with van der Waals surface area (Å²) in [6, 6.07) is 13.3. The van der Waals surface area contributed by atoms with Crippen molar-refractivity contribution in [2.75, 3.05) is 0 Å². The summed E-state index contributed by atoms with van der Waals surface area (Å²) < 4.78 is 0. The molecule has 2 aromatic rings. The first-order chi connectivity index (χ1) is 9.83. The average molecular weight is 291 g/mol. The van der Waals surface area contributed by atoms with Gasteiger partial charge in [-0.15, -0.1) is 0 Å². The Morgan fingerprint density at radius 1 is 0.762 bits per heavy atom. The van der Waals surface area contributed by atoms with Crippen LogP contribution in [0.4, 0.5) is 0 Å². The van der Waals surface area contributed by atoms with E-state index >= 15 is 0 Å². The van der Waals surface area contributed by atoms with Crippen LogP contribution in [0.15, 0.2) is 36.4 Å². The summed E-state index contributed by atoms with van der Waals surface area (Å²) in [6.07, 6.45) is 10.9. The predicted molar refractivity (Wildman–Crippen MR) is 96.1 cm³/mol. The zero-order valence-corrected chi connectivity index (χ0v) is 16.1. The van der Waals surface area contributed by atoms with Crippen LogP contribution in [0.25, 0.3) is 10.8 Å². The number of benzene rings is 2. The largest absolute Gasteiger partial charge is 0.0654 e. The van der Waals surface area contributed by atoms with Gasteiger partial charge in [-0.05, 0) is 41.7 Å². The van der Waals surface area contributed by atoms with Crippen LogP contribution in [0, 0.1) is 6.92 Å². The normalized spacial score (nSPS) is 10.6. The summed E-state index contributed by atoms with van der Waals surface area (Å²) in [5.41, 5.74) is 3.02. The van der Waals surface area contributed by atoms with Crippen LogP contribution < -0.4 is 0 Å². The maximum atomic E-state index is 2.28. The van der Waals surface area contributed by atoms with Crippen molar-refractivity contribution in [3.8, 4) is 0 Å². The molecule has 109 valence electrons. The number of rotatable bonds is 8. The Kier molecular flexibility index (Phi) is 9.31. The molecule has 21 heavy (non-hydrogen) atoms. The molecule has 0 bridgehead atoms. The van der Waals surface area contributed by atoms with Crippen LogP contribution in [0.3, 0.4) is 0 Å². The number of hydrogen-bond acceptors (Lipinski definition) is 0. The fraction of sp³-hybridized carbons (Fsp3) is 0.500. The molecule has 0 aliphatic carbocycles. The van der Waals surface area contributed by atoms with Gasteiger partial charge in [-0.3, -0.25) is 0 Å². The Bertz CT molecular complexity index is 530. The molecule has 0 nitrogen and oxygen atoms in total. The molecule has 0 fully saturated rings. The van der Waals surface area contributed by atoms with Gasteiger partial charge in [0.05, 0.1) is 0 Å². The second kappa shape index (κ2) is 10.4. The van der Waals surface area contributed by atoms with Crippen molar-refractivity contribution in [2.24, 2.45) is 0 Å². The van der Waals surface area contributed by atoms with Crippen molar-refractivity contribution in [3.63, 3.8) is 0 Å². The first kappa shape index (κ1) is 18.7. The molecule has 1 radical (unpaired) electrons. The van der Waals surface area contributed by atoms with Gasteiger partial charge in [0.25, 0.3) is 0 Å². The summed E-state index contributed by atoms with van der Waals surface area (Å²) in [4.78, 5) is 0. The van der Waals surface area contributed by atoms with Crippen LogP contribution in [0.2, 0.25) is 0 Å². The van der Waals surface area contributed by atoms with E-state index in [2.05, 4.69) is 50.2 Å². The number of unbranched alkanes of at least 4 members (excludes halogenated alkanes) is 6. The molecule has 0 aromatic heterocycles. The van der Waals surface area contributed by atoms with Gasteiger partial charge in [-0.25, -0.2) is 0 Å². The Morgan fingerprint density at radius 2 is 1.43 bits per heavy atom. The zero-order valence-electron chi connectivity index (χ0n) is 14.1. The van der Waals surface area contributed by atoms with Crippen LogP contribution in [-0.4, -0.2) is 29.6 Å². The first-order valence-electron chi connectivity index (χ1n) is 8.30. The van der Waals surface area contributed by atoms with E-state index in [0.717, 1.165) is 0 Å². The van der Waals surface area contributed by atoms with E-state index in [1.54, 1.807) is 5.56 Å². The summed E-state index contributed by atoms with van der Waals surface area (Å²) in [6.45, 7) is 4.53. The summed E-state index contributed by atoms with van der Waals surface area (Å²) in [5, 5.41) is 2.84. The molecule has 0 aliphatic heterocycles. The van der Waals surface area contributed by atoms with Gasteiger partial charge in [0.1, 0.15) is 0 Å². The van der Waals surface area contributed by atoms with E-state index in [-0.39, 0.29) is 29.6 Å². The third-order valence-electron chi connectivity index (χ3n) is 4.31. The summed E-state index contributed by atoms with van der Waals surface area (Å²) in [7, 11) is 0. The van der Waals surface area contributed by atoms with Crippen molar-refractivity contribution >= 4 is 40.3 Å². The summed E-state index contributed by atoms with van der Waals surface area (Å²) >= 11 is 0. The van der Waals surface area contributed by atoms with Gasteiger partial charge in [0.2, 0.25) is 0 Å². The smallest absolute Gasteiger partial charge is 0 e. The molecule has 1 heteroatoms. The fourth-order valence-corrected chi connectivity index (χ4v) is 3.04. The molecule has 0 amide bonds. The SMILES string of the molecule is CCCCCCCCCc1c(C)ccc2ccccc12.[Na]. The van der Waals surface area contributed by atoms with Crippen LogP contribution in [0.5, 0.6) is 0 Å². The molecular weight excluding hydrogens is 263 g/mol. The molecule has 0 saturated carbocycles. The number of aryl methyl sites for hydroxylation is 2. The van der Waals surface area contributed by atoms with Gasteiger partial charge >= 0.3 is 0 Å². The minimum absolute atomic E-state index is 0. The van der Waals surface area contributed by atoms with E-state index in [1.165, 1.54) is 67.7 Å². The van der Waals surface area contributed by atoms with E-state index in [9.17, 15) is 0 Å². The average Bonchev–Trinajstić information content (AvgIpc) is 2.48. The molecule has 0 spiro atoms. The topological polar surface area (TPSA) is 0 Å². The fourth-order valence-electron chi connectivity index (χ4n) is 3.04. The Labute approximate surface area is 152 Å². The molecule has 0 N–H and O–H groups in total. The van der Waals surface area contributed by atoms with E-state index in [4.69, 9.17) is 0 Å². The summed E-state index contributed by atoms with van der Waals surface area (Å²) in [5.74, 6) is 0. The second-order valence-corrected chi connectivity index (χ2v) is 5.95. The van der Waals surface area contributed by atoms with E-state index in [1.807, 2.05) is 0 Å². The molecule has 0 atom stereocenters. The van der Waals surface area contributed by atoms with Crippen LogP contribution >= 0.6 is 0 Å². The van der Waals surface area contributed by atoms with Crippen LogP contribution in [-0.2, 0) is 6.42 Å². The number of fused-ring (bicyclic) bond motifs is 1. The molecule has 0 saturated heterocycles. The van der Waals surface area contributed by atoms with E-state index in [0.29, 0.717) is 0 Å². The third kappa shape index (κ3) is 5.77. The van der Waals surface area contributed by atoms with Crippen molar-refractivity contribution in [1.29, 1.82) is 0 Å². The van der Waals surface area contributed by atoms with E-state index < -0.39 is 0 Å². The quantitative estimate of drug-likeness (QED) is 0.409. The molecule has 0 heterocycles. The number of hydrogen-bond donors (Lipinski definition) is 0. The maximum Gasteiger partial charge on any atom is 0 e. The van der Waals surface area contributed by atoms with Gasteiger partial charge in [-0.2, -0.15) is 0 Å². The Balaban J connectivity index is 0.00000220. The van der Waals surface area contributed by atoms with Gasteiger partial charge in [0, 0.05) is 29.6 Å². The standard InChI is InChI=1S/C20H28.Na/c1-3-4-5-6-7-8-9-13-19-17(2)15-16-18-12-10-11-14-20(18)19;/h10-12,14-16H,3-9,13H2,1-2H3;. The van der Waals surface area contributed by atoms with Gasteiger partial charge in [0.15, 0.2) is 0 Å². The molecule has 0 unspecified atom stereocenters. The van der Waals surface area contributed by atoms with Crippen LogP contribution in [0.1, 0.15) is 63.0 Å². The maximum absolute atomic E-state index is 2.28. The molecule has 2 rings (SSSR count). The monoisotopic (exact) mass is 291 g/mol. The third-order valence-corrected chi connectivity index (χ3v) is 4.31. The Morgan fingerprint density at radius 3 is 2.19 bits per heavy atom. The van der Waals surface area contributed by atoms with Gasteiger partial charge in [-0.1, -0.05) is 81.8 Å².